The van der Waals surface area contributed by atoms with E-state index in [0.29, 0.717) is 8.95 Å². The summed E-state index contributed by atoms with van der Waals surface area (Å²) in [5, 5.41) is 25.5. The standard InChI is InChI=1S/C17H15Br2N3O6/c1-2-28-17(23)13(12-5-3-10(18)7-15(12)21(24)25)9-20-14-6-4-11(19)8-16(14)22(26)27/h3-8,13,20H,2,9H2,1H3. The van der Waals surface area contributed by atoms with Crippen molar-refractivity contribution in [2.75, 3.05) is 18.5 Å². The molecule has 9 nitrogen and oxygen atoms in total. The molecule has 0 aliphatic heterocycles. The molecule has 148 valence electrons. The zero-order valence-corrected chi connectivity index (χ0v) is 17.7. The number of ether oxygens (including phenoxy) is 1. The van der Waals surface area contributed by atoms with Crippen molar-refractivity contribution in [1.82, 2.24) is 0 Å². The third kappa shape index (κ3) is 5.26. The number of nitrogens with one attached hydrogen (secondary N) is 1. The Morgan fingerprint density at radius 3 is 2.21 bits per heavy atom. The van der Waals surface area contributed by atoms with E-state index in [1.165, 1.54) is 24.3 Å². The monoisotopic (exact) mass is 515 g/mol. The number of rotatable bonds is 8. The first-order valence-corrected chi connectivity index (χ1v) is 9.61. The van der Waals surface area contributed by atoms with Gasteiger partial charge in [-0.3, -0.25) is 25.0 Å². The Morgan fingerprint density at radius 1 is 1.07 bits per heavy atom. The van der Waals surface area contributed by atoms with Crippen molar-refractivity contribution in [3.8, 4) is 0 Å². The van der Waals surface area contributed by atoms with Gasteiger partial charge in [-0.1, -0.05) is 37.9 Å². The van der Waals surface area contributed by atoms with Crippen molar-refractivity contribution in [2.45, 2.75) is 12.8 Å². The molecule has 11 heteroatoms. The highest BCUT2D eigenvalue weighted by Gasteiger charge is 2.30. The third-order valence-corrected chi connectivity index (χ3v) is 4.78. The summed E-state index contributed by atoms with van der Waals surface area (Å²) in [7, 11) is 0. The van der Waals surface area contributed by atoms with E-state index in [1.807, 2.05) is 0 Å². The molecule has 0 fully saturated rings. The summed E-state index contributed by atoms with van der Waals surface area (Å²) < 4.78 is 6.07. The molecule has 0 aromatic heterocycles. The van der Waals surface area contributed by atoms with Crippen molar-refractivity contribution in [3.63, 3.8) is 0 Å². The minimum absolute atomic E-state index is 0.0953. The van der Waals surface area contributed by atoms with Crippen LogP contribution in [0.15, 0.2) is 45.3 Å². The molecule has 0 aliphatic carbocycles. The highest BCUT2D eigenvalue weighted by atomic mass is 79.9. The Hall–Kier alpha value is -2.53. The molecule has 0 saturated carbocycles. The number of hydrogen-bond donors (Lipinski definition) is 1. The number of carbonyl (C=O) groups is 1. The first-order valence-electron chi connectivity index (χ1n) is 8.02. The van der Waals surface area contributed by atoms with Crippen LogP contribution < -0.4 is 5.32 Å². The second-order valence-corrected chi connectivity index (χ2v) is 7.40. The molecule has 1 N–H and O–H groups in total. The summed E-state index contributed by atoms with van der Waals surface area (Å²) in [6, 6.07) is 8.75. The molecule has 28 heavy (non-hydrogen) atoms. The van der Waals surface area contributed by atoms with Crippen LogP contribution in [0.25, 0.3) is 0 Å². The van der Waals surface area contributed by atoms with Crippen LogP contribution in [0.3, 0.4) is 0 Å². The maximum Gasteiger partial charge on any atom is 0.315 e. The topological polar surface area (TPSA) is 125 Å². The van der Waals surface area contributed by atoms with Crippen molar-refractivity contribution in [1.29, 1.82) is 0 Å². The molecule has 0 bridgehead atoms. The van der Waals surface area contributed by atoms with Crippen LogP contribution >= 0.6 is 31.9 Å². The van der Waals surface area contributed by atoms with Gasteiger partial charge in [0.05, 0.1) is 16.5 Å². The molecule has 0 aliphatic rings. The van der Waals surface area contributed by atoms with Gasteiger partial charge in [-0.25, -0.2) is 0 Å². The summed E-state index contributed by atoms with van der Waals surface area (Å²) in [6.45, 7) is 1.60. The number of nitro groups is 2. The van der Waals surface area contributed by atoms with Gasteiger partial charge in [-0.05, 0) is 25.1 Å². The van der Waals surface area contributed by atoms with Crippen LogP contribution in [0.1, 0.15) is 18.4 Å². The highest BCUT2D eigenvalue weighted by Crippen LogP contribution is 2.33. The van der Waals surface area contributed by atoms with E-state index in [9.17, 15) is 25.0 Å². The quantitative estimate of drug-likeness (QED) is 0.304. The number of hydrogen-bond acceptors (Lipinski definition) is 7. The Labute approximate surface area is 176 Å². The number of benzene rings is 2. The molecule has 0 radical (unpaired) electrons. The van der Waals surface area contributed by atoms with Crippen LogP contribution in [0.2, 0.25) is 0 Å². The zero-order chi connectivity index (χ0) is 20.8. The maximum absolute atomic E-state index is 12.5. The van der Waals surface area contributed by atoms with Crippen LogP contribution in [-0.4, -0.2) is 29.0 Å². The lowest BCUT2D eigenvalue weighted by molar-refractivity contribution is -0.385. The molecule has 0 amide bonds. The average molecular weight is 517 g/mol. The Kier molecular flexibility index (Phi) is 7.46. The third-order valence-electron chi connectivity index (χ3n) is 3.79. The zero-order valence-electron chi connectivity index (χ0n) is 14.6. The van der Waals surface area contributed by atoms with Gasteiger partial charge in [0.2, 0.25) is 0 Å². The fraction of sp³-hybridized carbons (Fsp3) is 0.235. The van der Waals surface area contributed by atoms with Gasteiger partial charge >= 0.3 is 5.97 Å². The summed E-state index contributed by atoms with van der Waals surface area (Å²) in [5.74, 6) is -1.70. The molecule has 2 aromatic carbocycles. The molecule has 1 unspecified atom stereocenters. The Morgan fingerprint density at radius 2 is 1.64 bits per heavy atom. The fourth-order valence-corrected chi connectivity index (χ4v) is 3.25. The largest absolute Gasteiger partial charge is 0.465 e. The summed E-state index contributed by atoms with van der Waals surface area (Å²) in [5.41, 5.74) is -0.108. The van der Waals surface area contributed by atoms with Gasteiger partial charge in [0, 0.05) is 33.2 Å². The number of esters is 1. The number of anilines is 1. The predicted molar refractivity (Wildman–Crippen MR) is 109 cm³/mol. The van der Waals surface area contributed by atoms with Crippen molar-refractivity contribution >= 4 is 54.9 Å². The summed E-state index contributed by atoms with van der Waals surface area (Å²) in [6.07, 6.45) is 0. The minimum Gasteiger partial charge on any atom is -0.465 e. The number of nitrogens with zero attached hydrogens (tertiary/aromatic N) is 2. The van der Waals surface area contributed by atoms with Gasteiger partial charge in [-0.15, -0.1) is 0 Å². The normalized spacial score (nSPS) is 11.5. The van der Waals surface area contributed by atoms with Gasteiger partial charge in [0.1, 0.15) is 11.6 Å². The second-order valence-electron chi connectivity index (χ2n) is 5.56. The van der Waals surface area contributed by atoms with E-state index in [2.05, 4.69) is 37.2 Å². The van der Waals surface area contributed by atoms with Crippen molar-refractivity contribution in [2.24, 2.45) is 0 Å². The lowest BCUT2D eigenvalue weighted by atomic mass is 9.97. The van der Waals surface area contributed by atoms with E-state index >= 15 is 0 Å². The molecular weight excluding hydrogens is 502 g/mol. The lowest BCUT2D eigenvalue weighted by Gasteiger charge is -2.18. The predicted octanol–water partition coefficient (Wildman–Crippen LogP) is 4.79. The molecular formula is C17H15Br2N3O6. The fourth-order valence-electron chi connectivity index (χ4n) is 2.55. The smallest absolute Gasteiger partial charge is 0.315 e. The first-order chi connectivity index (χ1) is 13.2. The second kappa shape index (κ2) is 9.60. The number of nitro benzene ring substituents is 2. The number of halogens is 2. The molecule has 0 heterocycles. The average Bonchev–Trinajstić information content (AvgIpc) is 2.63. The van der Waals surface area contributed by atoms with E-state index in [0.717, 1.165) is 0 Å². The summed E-state index contributed by atoms with van der Waals surface area (Å²) in [4.78, 5) is 34.0. The van der Waals surface area contributed by atoms with Gasteiger partial charge in [0.15, 0.2) is 0 Å². The van der Waals surface area contributed by atoms with Crippen molar-refractivity contribution < 1.29 is 19.4 Å². The summed E-state index contributed by atoms with van der Waals surface area (Å²) >= 11 is 6.35. The highest BCUT2D eigenvalue weighted by molar-refractivity contribution is 9.10. The van der Waals surface area contributed by atoms with Crippen molar-refractivity contribution in [3.05, 3.63) is 71.1 Å². The van der Waals surface area contributed by atoms with E-state index in [-0.39, 0.29) is 35.8 Å². The minimum atomic E-state index is -1.03. The maximum atomic E-state index is 12.5. The van der Waals surface area contributed by atoms with Crippen LogP contribution in [0.4, 0.5) is 17.1 Å². The molecule has 0 saturated heterocycles. The van der Waals surface area contributed by atoms with E-state index < -0.39 is 21.7 Å². The van der Waals surface area contributed by atoms with Crippen LogP contribution in [0.5, 0.6) is 0 Å². The molecule has 2 aromatic rings. The van der Waals surface area contributed by atoms with E-state index in [4.69, 9.17) is 4.74 Å². The van der Waals surface area contributed by atoms with E-state index in [1.54, 1.807) is 19.1 Å². The Bertz CT molecular complexity index is 922. The van der Waals surface area contributed by atoms with Gasteiger partial charge < -0.3 is 10.1 Å². The first kappa shape index (κ1) is 21.8. The van der Waals surface area contributed by atoms with Crippen LogP contribution in [0, 0.1) is 20.2 Å². The number of carbonyl (C=O) groups excluding carboxylic acids is 1. The molecule has 2 rings (SSSR count). The molecule has 0 spiro atoms. The van der Waals surface area contributed by atoms with Gasteiger partial charge in [-0.2, -0.15) is 0 Å². The van der Waals surface area contributed by atoms with Crippen LogP contribution in [-0.2, 0) is 9.53 Å². The molecule has 1 atom stereocenters. The van der Waals surface area contributed by atoms with Gasteiger partial charge in [0.25, 0.3) is 11.4 Å². The Balaban J connectivity index is 2.41. The SMILES string of the molecule is CCOC(=O)C(CNc1ccc(Br)cc1[N+](=O)[O-])c1ccc(Br)cc1[N+](=O)[O-]. The lowest BCUT2D eigenvalue weighted by Crippen LogP contribution is -2.24.